The molecule has 0 aliphatic carbocycles. The Kier molecular flexibility index (Phi) is 5.31. The maximum Gasteiger partial charge on any atom is 0.350 e. The van der Waals surface area contributed by atoms with Crippen LogP contribution in [0.1, 0.15) is 20.2 Å². The first kappa shape index (κ1) is 18.4. The number of hydrogen-bond acceptors (Lipinski definition) is 5. The fraction of sp³-hybridized carbons (Fsp3) is 0.118. The van der Waals surface area contributed by atoms with E-state index in [1.165, 1.54) is 0 Å². The zero-order chi connectivity index (χ0) is 18.8. The summed E-state index contributed by atoms with van der Waals surface area (Å²) in [6, 6.07) is 8.31. The number of nitrogens with one attached hydrogen (secondary N) is 1. The first-order chi connectivity index (χ1) is 12.4. The quantitative estimate of drug-likeness (QED) is 0.665. The maximum absolute atomic E-state index is 12.2. The second-order valence-electron chi connectivity index (χ2n) is 5.34. The Morgan fingerprint density at radius 1 is 1.23 bits per heavy atom. The molecular formula is C17H12Cl2N2O4S. The van der Waals surface area contributed by atoms with Crippen LogP contribution >= 0.6 is 34.5 Å². The van der Waals surface area contributed by atoms with Crippen molar-refractivity contribution in [3.05, 3.63) is 57.1 Å². The van der Waals surface area contributed by atoms with E-state index >= 15 is 0 Å². The van der Waals surface area contributed by atoms with Gasteiger partial charge in [-0.3, -0.25) is 14.9 Å². The number of thiophene rings is 1. The zero-order valence-corrected chi connectivity index (χ0v) is 15.7. The Bertz CT molecular complexity index is 1030. The van der Waals surface area contributed by atoms with Crippen molar-refractivity contribution >= 4 is 62.4 Å². The van der Waals surface area contributed by atoms with Crippen molar-refractivity contribution in [2.75, 3.05) is 6.61 Å². The molecule has 2 aromatic heterocycles. The lowest BCUT2D eigenvalue weighted by Crippen LogP contribution is -2.35. The van der Waals surface area contributed by atoms with E-state index < -0.39 is 24.4 Å². The Morgan fingerprint density at radius 2 is 2.00 bits per heavy atom. The van der Waals surface area contributed by atoms with Gasteiger partial charge in [0.1, 0.15) is 10.6 Å². The third-order valence-corrected chi connectivity index (χ3v) is 5.41. The number of carbonyl (C=O) groups excluding carboxylic acids is 3. The Labute approximate surface area is 162 Å². The van der Waals surface area contributed by atoms with Gasteiger partial charge in [-0.25, -0.2) is 4.79 Å². The van der Waals surface area contributed by atoms with Crippen molar-refractivity contribution in [2.45, 2.75) is 0 Å². The minimum Gasteiger partial charge on any atom is -0.451 e. The highest BCUT2D eigenvalue weighted by Crippen LogP contribution is 2.37. The van der Waals surface area contributed by atoms with E-state index in [0.717, 1.165) is 16.0 Å². The highest BCUT2D eigenvalue weighted by Gasteiger charge is 2.20. The van der Waals surface area contributed by atoms with Crippen molar-refractivity contribution in [1.29, 1.82) is 0 Å². The SMILES string of the molecule is Cn1cccc1C(=O)NC(=O)COC(=O)c1sc2cc(Cl)ccc2c1Cl. The lowest BCUT2D eigenvalue weighted by molar-refractivity contribution is -0.123. The Balaban J connectivity index is 1.63. The van der Waals surface area contributed by atoms with E-state index in [9.17, 15) is 14.4 Å². The van der Waals surface area contributed by atoms with Gasteiger partial charge in [0.25, 0.3) is 11.8 Å². The number of aromatic nitrogens is 1. The summed E-state index contributed by atoms with van der Waals surface area (Å²) < 4.78 is 7.26. The molecule has 0 unspecified atom stereocenters. The highest BCUT2D eigenvalue weighted by atomic mass is 35.5. The number of carbonyl (C=O) groups is 3. The van der Waals surface area contributed by atoms with E-state index in [1.807, 2.05) is 0 Å². The molecule has 0 atom stereocenters. The number of aryl methyl sites for hydroxylation is 1. The van der Waals surface area contributed by atoms with Crippen LogP contribution < -0.4 is 5.32 Å². The van der Waals surface area contributed by atoms with Crippen LogP contribution in [0.4, 0.5) is 0 Å². The summed E-state index contributed by atoms with van der Waals surface area (Å²) in [5.74, 6) is -2.05. The van der Waals surface area contributed by atoms with Gasteiger partial charge in [0.2, 0.25) is 0 Å². The van der Waals surface area contributed by atoms with Gasteiger partial charge in [-0.1, -0.05) is 29.3 Å². The molecule has 26 heavy (non-hydrogen) atoms. The van der Waals surface area contributed by atoms with Crippen LogP contribution in [0, 0.1) is 0 Å². The molecule has 0 bridgehead atoms. The molecule has 9 heteroatoms. The molecule has 0 aliphatic heterocycles. The van der Waals surface area contributed by atoms with Crippen molar-refractivity contribution in [3.63, 3.8) is 0 Å². The summed E-state index contributed by atoms with van der Waals surface area (Å²) in [5, 5.41) is 3.60. The largest absolute Gasteiger partial charge is 0.451 e. The van der Waals surface area contributed by atoms with Crippen LogP contribution in [0.5, 0.6) is 0 Å². The van der Waals surface area contributed by atoms with Crippen LogP contribution in [-0.4, -0.2) is 29.0 Å². The third-order valence-electron chi connectivity index (χ3n) is 3.54. The number of esters is 1. The predicted octanol–water partition coefficient (Wildman–Crippen LogP) is 3.66. The van der Waals surface area contributed by atoms with Gasteiger partial charge >= 0.3 is 5.97 Å². The number of imide groups is 1. The summed E-state index contributed by atoms with van der Waals surface area (Å²) in [6.07, 6.45) is 1.68. The molecule has 0 spiro atoms. The molecule has 3 aromatic rings. The summed E-state index contributed by atoms with van der Waals surface area (Å²) in [5.41, 5.74) is 0.314. The smallest absolute Gasteiger partial charge is 0.350 e. The third kappa shape index (κ3) is 3.75. The van der Waals surface area contributed by atoms with Crippen molar-refractivity contribution in [3.8, 4) is 0 Å². The average Bonchev–Trinajstić information content (AvgIpc) is 3.16. The van der Waals surface area contributed by atoms with E-state index in [1.54, 1.807) is 48.1 Å². The number of benzene rings is 1. The van der Waals surface area contributed by atoms with Gasteiger partial charge in [-0.05, 0) is 24.3 Å². The first-order valence-electron chi connectivity index (χ1n) is 7.37. The molecule has 0 aliphatic rings. The monoisotopic (exact) mass is 410 g/mol. The van der Waals surface area contributed by atoms with Gasteiger partial charge < -0.3 is 9.30 Å². The van der Waals surface area contributed by atoms with Crippen molar-refractivity contribution in [1.82, 2.24) is 9.88 Å². The molecule has 0 saturated carbocycles. The lowest BCUT2D eigenvalue weighted by atomic mass is 10.2. The molecule has 1 aromatic carbocycles. The van der Waals surface area contributed by atoms with Crippen molar-refractivity contribution in [2.24, 2.45) is 7.05 Å². The molecular weight excluding hydrogens is 399 g/mol. The average molecular weight is 411 g/mol. The van der Waals surface area contributed by atoms with Crippen LogP contribution in [0.15, 0.2) is 36.5 Å². The Morgan fingerprint density at radius 3 is 2.69 bits per heavy atom. The molecule has 2 amide bonds. The lowest BCUT2D eigenvalue weighted by Gasteiger charge is -2.06. The number of hydrogen-bond donors (Lipinski definition) is 1. The Hall–Kier alpha value is -2.35. The van der Waals surface area contributed by atoms with Crippen LogP contribution in [0.25, 0.3) is 10.1 Å². The zero-order valence-electron chi connectivity index (χ0n) is 13.4. The first-order valence-corrected chi connectivity index (χ1v) is 8.94. The summed E-state index contributed by atoms with van der Waals surface area (Å²) in [4.78, 5) is 36.1. The van der Waals surface area contributed by atoms with E-state index in [4.69, 9.17) is 27.9 Å². The van der Waals surface area contributed by atoms with Gasteiger partial charge in [0, 0.05) is 28.4 Å². The predicted molar refractivity (Wildman–Crippen MR) is 100 cm³/mol. The van der Waals surface area contributed by atoms with E-state index in [-0.39, 0.29) is 9.90 Å². The number of nitrogens with zero attached hydrogens (tertiary/aromatic N) is 1. The number of rotatable bonds is 4. The molecule has 0 fully saturated rings. The molecule has 6 nitrogen and oxygen atoms in total. The topological polar surface area (TPSA) is 77.4 Å². The number of ether oxygens (including phenoxy) is 1. The number of fused-ring (bicyclic) bond motifs is 1. The summed E-state index contributed by atoms with van der Waals surface area (Å²) in [6.45, 7) is -0.597. The molecule has 0 saturated heterocycles. The van der Waals surface area contributed by atoms with Gasteiger partial charge in [0.05, 0.1) is 5.02 Å². The number of amides is 2. The van der Waals surface area contributed by atoms with Crippen LogP contribution in [0.2, 0.25) is 10.0 Å². The molecule has 0 radical (unpaired) electrons. The molecule has 2 heterocycles. The minimum atomic E-state index is -0.742. The summed E-state index contributed by atoms with van der Waals surface area (Å²) >= 11 is 13.2. The molecule has 3 rings (SSSR count). The standard InChI is InChI=1S/C17H12Cl2N2O4S/c1-21-6-2-3-11(21)16(23)20-13(22)8-25-17(24)15-14(19)10-5-4-9(18)7-12(10)26-15/h2-7H,8H2,1H3,(H,20,22,23). The number of halogens is 2. The fourth-order valence-corrected chi connectivity index (χ4v) is 3.97. The fourth-order valence-electron chi connectivity index (χ4n) is 2.29. The normalized spacial score (nSPS) is 10.7. The van der Waals surface area contributed by atoms with Gasteiger partial charge in [-0.15, -0.1) is 11.3 Å². The van der Waals surface area contributed by atoms with Crippen LogP contribution in [0.3, 0.4) is 0 Å². The second-order valence-corrected chi connectivity index (χ2v) is 7.21. The van der Waals surface area contributed by atoms with Gasteiger partial charge in [0.15, 0.2) is 6.61 Å². The molecule has 134 valence electrons. The molecule has 1 N–H and O–H groups in total. The van der Waals surface area contributed by atoms with E-state index in [2.05, 4.69) is 5.32 Å². The van der Waals surface area contributed by atoms with E-state index in [0.29, 0.717) is 16.1 Å². The maximum atomic E-state index is 12.2. The van der Waals surface area contributed by atoms with Crippen LogP contribution in [-0.2, 0) is 16.6 Å². The van der Waals surface area contributed by atoms with Gasteiger partial charge in [-0.2, -0.15) is 0 Å². The highest BCUT2D eigenvalue weighted by molar-refractivity contribution is 7.21. The second kappa shape index (κ2) is 7.49. The van der Waals surface area contributed by atoms with Crippen molar-refractivity contribution < 1.29 is 19.1 Å². The summed E-state index contributed by atoms with van der Waals surface area (Å²) in [7, 11) is 1.68. The minimum absolute atomic E-state index is 0.172.